The van der Waals surface area contributed by atoms with Crippen molar-refractivity contribution in [2.75, 3.05) is 6.54 Å². The molecule has 0 bridgehead atoms. The van der Waals surface area contributed by atoms with E-state index in [0.29, 0.717) is 17.6 Å². The second-order valence-electron chi connectivity index (χ2n) is 5.92. The fourth-order valence-corrected chi connectivity index (χ4v) is 2.74. The zero-order chi connectivity index (χ0) is 16.8. The number of rotatable bonds is 7. The molecule has 1 aromatic carbocycles. The van der Waals surface area contributed by atoms with E-state index < -0.39 is 0 Å². The van der Waals surface area contributed by atoms with Crippen LogP contribution in [-0.2, 0) is 11.2 Å². The molecule has 1 aromatic heterocycles. The summed E-state index contributed by atoms with van der Waals surface area (Å²) in [5.41, 5.74) is 2.29. The summed E-state index contributed by atoms with van der Waals surface area (Å²) >= 11 is 1.36. The number of carbonyl (C=O) groups is 1. The van der Waals surface area contributed by atoms with Crippen molar-refractivity contribution in [3.8, 4) is 11.4 Å². The number of nitrogens with zero attached hydrogens (tertiary/aromatic N) is 2. The monoisotopic (exact) mass is 332 g/mol. The topological polar surface area (TPSA) is 70.7 Å². The standard InChI is InChI=1S/C17H24N4OS/c1-5-13-6-8-14(9-7-13)15-19-17(21-20-15)23-12(4)16(22)18-10-11(2)3/h6-9,11-12H,5,10H2,1-4H3,(H,18,22)(H,19,20,21)/t12-/m1/s1. The van der Waals surface area contributed by atoms with Gasteiger partial charge in [0.15, 0.2) is 5.82 Å². The first-order valence-corrected chi connectivity index (χ1v) is 8.83. The predicted molar refractivity (Wildman–Crippen MR) is 94.4 cm³/mol. The lowest BCUT2D eigenvalue weighted by Crippen LogP contribution is -2.33. The summed E-state index contributed by atoms with van der Waals surface area (Å²) < 4.78 is 0. The lowest BCUT2D eigenvalue weighted by atomic mass is 10.1. The molecule has 23 heavy (non-hydrogen) atoms. The van der Waals surface area contributed by atoms with Crippen molar-refractivity contribution in [2.45, 2.75) is 44.5 Å². The summed E-state index contributed by atoms with van der Waals surface area (Å²) in [6.07, 6.45) is 1.01. The Labute approximate surface area is 141 Å². The summed E-state index contributed by atoms with van der Waals surface area (Å²) in [4.78, 5) is 16.5. The maximum atomic E-state index is 12.0. The quantitative estimate of drug-likeness (QED) is 0.763. The predicted octanol–water partition coefficient (Wildman–Crippen LogP) is 3.29. The third kappa shape index (κ3) is 5.10. The number of H-pyrrole nitrogens is 1. The van der Waals surface area contributed by atoms with Crippen molar-refractivity contribution >= 4 is 17.7 Å². The number of hydrogen-bond donors (Lipinski definition) is 2. The number of aryl methyl sites for hydroxylation is 1. The van der Waals surface area contributed by atoms with Gasteiger partial charge in [0.05, 0.1) is 5.25 Å². The largest absolute Gasteiger partial charge is 0.355 e. The molecule has 2 N–H and O–H groups in total. The van der Waals surface area contributed by atoms with Gasteiger partial charge in [-0.2, -0.15) is 0 Å². The zero-order valence-electron chi connectivity index (χ0n) is 14.1. The van der Waals surface area contributed by atoms with Crippen LogP contribution in [0.5, 0.6) is 0 Å². The highest BCUT2D eigenvalue weighted by molar-refractivity contribution is 8.00. The molecule has 0 aliphatic carbocycles. The molecule has 1 atom stereocenters. The SMILES string of the molecule is CCc1ccc(-c2nc(S[C@H](C)C(=O)NCC(C)C)n[nH]2)cc1. The number of hydrogen-bond acceptors (Lipinski definition) is 4. The average Bonchev–Trinajstić information content (AvgIpc) is 3.01. The molecule has 0 aliphatic heterocycles. The number of aromatic amines is 1. The summed E-state index contributed by atoms with van der Waals surface area (Å²) in [6, 6.07) is 8.25. The van der Waals surface area contributed by atoms with Gasteiger partial charge in [0.25, 0.3) is 0 Å². The highest BCUT2D eigenvalue weighted by atomic mass is 32.2. The van der Waals surface area contributed by atoms with Gasteiger partial charge < -0.3 is 5.32 Å². The summed E-state index contributed by atoms with van der Waals surface area (Å²) in [7, 11) is 0. The van der Waals surface area contributed by atoms with E-state index in [-0.39, 0.29) is 11.2 Å². The molecular weight excluding hydrogens is 308 g/mol. The van der Waals surface area contributed by atoms with Crippen LogP contribution >= 0.6 is 11.8 Å². The Morgan fingerprint density at radius 2 is 1.96 bits per heavy atom. The number of carbonyl (C=O) groups excluding carboxylic acids is 1. The Hall–Kier alpha value is -1.82. The lowest BCUT2D eigenvalue weighted by molar-refractivity contribution is -0.120. The number of thioether (sulfide) groups is 1. The molecule has 1 amide bonds. The average molecular weight is 332 g/mol. The third-order valence-corrected chi connectivity index (χ3v) is 4.40. The first-order chi connectivity index (χ1) is 11.0. The molecule has 1 heterocycles. The Morgan fingerprint density at radius 3 is 2.57 bits per heavy atom. The van der Waals surface area contributed by atoms with E-state index in [1.54, 1.807) is 0 Å². The van der Waals surface area contributed by atoms with Gasteiger partial charge in [-0.1, -0.05) is 56.8 Å². The molecule has 2 rings (SSSR count). The molecule has 5 nitrogen and oxygen atoms in total. The van der Waals surface area contributed by atoms with Crippen LogP contribution in [0.25, 0.3) is 11.4 Å². The van der Waals surface area contributed by atoms with Gasteiger partial charge in [0, 0.05) is 12.1 Å². The third-order valence-electron chi connectivity index (χ3n) is 3.44. The molecule has 0 fully saturated rings. The molecular formula is C17H24N4OS. The molecule has 0 saturated heterocycles. The van der Waals surface area contributed by atoms with Crippen molar-refractivity contribution in [2.24, 2.45) is 5.92 Å². The maximum absolute atomic E-state index is 12.0. The van der Waals surface area contributed by atoms with Crippen LogP contribution in [0.3, 0.4) is 0 Å². The molecule has 0 unspecified atom stereocenters. The van der Waals surface area contributed by atoms with E-state index in [4.69, 9.17) is 0 Å². The minimum atomic E-state index is -0.222. The Kier molecular flexibility index (Phi) is 6.21. The van der Waals surface area contributed by atoms with Crippen LogP contribution in [0.4, 0.5) is 0 Å². The molecule has 0 aliphatic rings. The maximum Gasteiger partial charge on any atom is 0.233 e. The van der Waals surface area contributed by atoms with E-state index in [2.05, 4.69) is 53.4 Å². The van der Waals surface area contributed by atoms with Crippen molar-refractivity contribution in [1.82, 2.24) is 20.5 Å². The first kappa shape index (κ1) is 17.5. The lowest BCUT2D eigenvalue weighted by Gasteiger charge is -2.11. The molecule has 0 saturated carbocycles. The van der Waals surface area contributed by atoms with Crippen molar-refractivity contribution in [3.05, 3.63) is 29.8 Å². The molecule has 124 valence electrons. The Balaban J connectivity index is 1.97. The van der Waals surface area contributed by atoms with E-state index in [9.17, 15) is 4.79 Å². The van der Waals surface area contributed by atoms with Gasteiger partial charge >= 0.3 is 0 Å². The summed E-state index contributed by atoms with van der Waals surface area (Å²) in [6.45, 7) is 8.83. The van der Waals surface area contributed by atoms with Crippen LogP contribution in [0.2, 0.25) is 0 Å². The second-order valence-corrected chi connectivity index (χ2v) is 7.22. The first-order valence-electron chi connectivity index (χ1n) is 7.95. The van der Waals surface area contributed by atoms with Crippen molar-refractivity contribution < 1.29 is 4.79 Å². The number of amides is 1. The second kappa shape index (κ2) is 8.15. The van der Waals surface area contributed by atoms with Crippen LogP contribution in [0.15, 0.2) is 29.4 Å². The van der Waals surface area contributed by atoms with Gasteiger partial charge in [0.1, 0.15) is 0 Å². The van der Waals surface area contributed by atoms with Crippen LogP contribution in [0.1, 0.15) is 33.3 Å². The molecule has 0 radical (unpaired) electrons. The van der Waals surface area contributed by atoms with Gasteiger partial charge in [-0.15, -0.1) is 5.10 Å². The summed E-state index contributed by atoms with van der Waals surface area (Å²) in [5, 5.41) is 10.4. The molecule has 6 heteroatoms. The zero-order valence-corrected chi connectivity index (χ0v) is 14.9. The van der Waals surface area contributed by atoms with Gasteiger partial charge in [-0.25, -0.2) is 4.98 Å². The van der Waals surface area contributed by atoms with Crippen molar-refractivity contribution in [3.63, 3.8) is 0 Å². The van der Waals surface area contributed by atoms with E-state index in [1.165, 1.54) is 17.3 Å². The Morgan fingerprint density at radius 1 is 1.26 bits per heavy atom. The molecule has 0 spiro atoms. The minimum Gasteiger partial charge on any atom is -0.355 e. The highest BCUT2D eigenvalue weighted by Gasteiger charge is 2.17. The normalized spacial score (nSPS) is 12.4. The fourth-order valence-electron chi connectivity index (χ4n) is 1.99. The number of nitrogens with one attached hydrogen (secondary N) is 2. The van der Waals surface area contributed by atoms with Crippen LogP contribution in [0, 0.1) is 5.92 Å². The van der Waals surface area contributed by atoms with Gasteiger partial charge in [-0.05, 0) is 24.8 Å². The van der Waals surface area contributed by atoms with E-state index in [0.717, 1.165) is 17.8 Å². The minimum absolute atomic E-state index is 0.0161. The van der Waals surface area contributed by atoms with E-state index >= 15 is 0 Å². The highest BCUT2D eigenvalue weighted by Crippen LogP contribution is 2.23. The summed E-state index contributed by atoms with van der Waals surface area (Å²) in [5.74, 6) is 1.18. The van der Waals surface area contributed by atoms with Crippen molar-refractivity contribution in [1.29, 1.82) is 0 Å². The van der Waals surface area contributed by atoms with Crippen LogP contribution in [-0.4, -0.2) is 32.9 Å². The fraction of sp³-hybridized carbons (Fsp3) is 0.471. The smallest absolute Gasteiger partial charge is 0.233 e. The molecule has 2 aromatic rings. The van der Waals surface area contributed by atoms with E-state index in [1.807, 2.05) is 19.1 Å². The number of aromatic nitrogens is 3. The van der Waals surface area contributed by atoms with Crippen LogP contribution < -0.4 is 5.32 Å². The Bertz CT molecular complexity index is 636. The van der Waals surface area contributed by atoms with Gasteiger partial charge in [0.2, 0.25) is 11.1 Å². The van der Waals surface area contributed by atoms with Gasteiger partial charge in [-0.3, -0.25) is 9.89 Å². The number of benzene rings is 1.